The molecule has 6 rings (SSSR count). The predicted molar refractivity (Wildman–Crippen MR) is 163 cm³/mol. The molecule has 3 amide bonds. The molecule has 0 bridgehead atoms. The van der Waals surface area contributed by atoms with E-state index in [-0.39, 0.29) is 5.69 Å². The van der Waals surface area contributed by atoms with E-state index in [4.69, 9.17) is 4.74 Å². The van der Waals surface area contributed by atoms with Gasteiger partial charge in [0.1, 0.15) is 17.5 Å². The van der Waals surface area contributed by atoms with E-state index >= 15 is 0 Å². The molecule has 0 aliphatic carbocycles. The smallest absolute Gasteiger partial charge is 0.416 e. The van der Waals surface area contributed by atoms with Crippen LogP contribution in [-0.4, -0.2) is 34.6 Å². The van der Waals surface area contributed by atoms with Crippen LogP contribution < -0.4 is 19.8 Å². The van der Waals surface area contributed by atoms with Gasteiger partial charge in [0.25, 0.3) is 0 Å². The van der Waals surface area contributed by atoms with Gasteiger partial charge in [-0.05, 0) is 60.2 Å². The van der Waals surface area contributed by atoms with Crippen molar-refractivity contribution < 1.29 is 32.3 Å². The molecular formula is C30H21BrF3N3O5S2. The first-order chi connectivity index (χ1) is 21.0. The van der Waals surface area contributed by atoms with Crippen molar-refractivity contribution in [2.75, 3.05) is 17.3 Å². The second-order valence-corrected chi connectivity index (χ2v) is 13.1. The molecule has 8 nitrogen and oxygen atoms in total. The maximum atomic E-state index is 14.0. The molecule has 1 N–H and O–H groups in total. The highest BCUT2D eigenvalue weighted by molar-refractivity contribution is 9.10. The van der Waals surface area contributed by atoms with Crippen molar-refractivity contribution in [1.82, 2.24) is 4.57 Å². The number of rotatable bonds is 6. The number of halogens is 4. The molecule has 0 spiro atoms. The van der Waals surface area contributed by atoms with Crippen molar-refractivity contribution in [2.24, 2.45) is 5.92 Å². The van der Waals surface area contributed by atoms with Crippen molar-refractivity contribution in [3.05, 3.63) is 103 Å². The standard InChI is InChI=1S/C30H21BrF3N3O5S2/c1-42-20-11-9-19(10-12-20)37-26(39)23-22(15-5-7-17(31)8-6-15)25-28(43-24(23)27(37)40)36(29(41)44-25)14-21(38)35-18-4-2-3-16(13-18)30(32,33)34/h2-13,22-24H,14H2,1H3,(H,35,38). The Morgan fingerprint density at radius 1 is 1.00 bits per heavy atom. The lowest BCUT2D eigenvalue weighted by Crippen LogP contribution is -2.33. The van der Waals surface area contributed by atoms with Crippen LogP contribution in [0.25, 0.3) is 0 Å². The van der Waals surface area contributed by atoms with Crippen LogP contribution in [0.2, 0.25) is 0 Å². The Morgan fingerprint density at radius 3 is 2.36 bits per heavy atom. The Labute approximate surface area is 265 Å². The maximum Gasteiger partial charge on any atom is 0.416 e. The summed E-state index contributed by atoms with van der Waals surface area (Å²) in [6, 6.07) is 18.0. The summed E-state index contributed by atoms with van der Waals surface area (Å²) in [5.41, 5.74) is 0.0927. The quantitative estimate of drug-likeness (QED) is 0.243. The number of thioether (sulfide) groups is 1. The molecule has 1 saturated heterocycles. The number of aromatic nitrogens is 1. The van der Waals surface area contributed by atoms with Crippen LogP contribution in [0.1, 0.15) is 21.9 Å². The molecule has 14 heteroatoms. The third kappa shape index (κ3) is 5.46. The number of carbonyl (C=O) groups excluding carboxylic acids is 3. The number of methoxy groups -OCH3 is 1. The van der Waals surface area contributed by atoms with E-state index in [1.165, 1.54) is 23.8 Å². The van der Waals surface area contributed by atoms with Crippen molar-refractivity contribution in [3.63, 3.8) is 0 Å². The molecule has 3 atom stereocenters. The van der Waals surface area contributed by atoms with Gasteiger partial charge < -0.3 is 10.1 Å². The van der Waals surface area contributed by atoms with Gasteiger partial charge in [-0.2, -0.15) is 13.2 Å². The van der Waals surface area contributed by atoms with E-state index in [2.05, 4.69) is 21.2 Å². The van der Waals surface area contributed by atoms with Crippen molar-refractivity contribution in [1.29, 1.82) is 0 Å². The molecule has 1 fully saturated rings. The van der Waals surface area contributed by atoms with E-state index in [0.29, 0.717) is 26.9 Å². The van der Waals surface area contributed by atoms with Crippen LogP contribution >= 0.6 is 39.0 Å². The lowest BCUT2D eigenvalue weighted by atomic mass is 9.83. The molecule has 0 saturated carbocycles. The molecule has 4 aromatic rings. The number of hydrogen-bond donors (Lipinski definition) is 1. The summed E-state index contributed by atoms with van der Waals surface area (Å²) in [5.74, 6) is -2.51. The number of thiazole rings is 1. The molecule has 3 heterocycles. The first-order valence-electron chi connectivity index (χ1n) is 13.1. The fourth-order valence-corrected chi connectivity index (χ4v) is 8.43. The Hall–Kier alpha value is -3.88. The van der Waals surface area contributed by atoms with Gasteiger partial charge in [0.2, 0.25) is 17.7 Å². The first kappa shape index (κ1) is 30.2. The average molecular weight is 705 g/mol. The second kappa shape index (κ2) is 11.6. The van der Waals surface area contributed by atoms with Crippen molar-refractivity contribution in [2.45, 2.75) is 28.9 Å². The summed E-state index contributed by atoms with van der Waals surface area (Å²) >= 11 is 5.34. The topological polar surface area (TPSA) is 97.7 Å². The number of imide groups is 1. The maximum absolute atomic E-state index is 14.0. The number of hydrogen-bond acceptors (Lipinski definition) is 7. The normalized spacial score (nSPS) is 19.5. The minimum Gasteiger partial charge on any atom is -0.497 e. The lowest BCUT2D eigenvalue weighted by Gasteiger charge is -2.30. The highest BCUT2D eigenvalue weighted by Crippen LogP contribution is 2.54. The Kier molecular flexibility index (Phi) is 7.92. The van der Waals surface area contributed by atoms with Crippen LogP contribution in [0, 0.1) is 5.92 Å². The highest BCUT2D eigenvalue weighted by Gasteiger charge is 2.56. The zero-order chi connectivity index (χ0) is 31.3. The summed E-state index contributed by atoms with van der Waals surface area (Å²) in [6.45, 7) is -0.497. The number of amides is 3. The second-order valence-electron chi connectivity index (χ2n) is 10.1. The van der Waals surface area contributed by atoms with Crippen molar-refractivity contribution >= 4 is 68.1 Å². The van der Waals surface area contributed by atoms with Crippen LogP contribution in [0.4, 0.5) is 24.5 Å². The lowest BCUT2D eigenvalue weighted by molar-refractivity contribution is -0.137. The Bertz CT molecular complexity index is 1840. The number of nitrogens with zero attached hydrogens (tertiary/aromatic N) is 2. The first-order valence-corrected chi connectivity index (χ1v) is 15.6. The van der Waals surface area contributed by atoms with Gasteiger partial charge in [-0.15, -0.1) is 0 Å². The minimum atomic E-state index is -4.59. The molecule has 2 aliphatic heterocycles. The Morgan fingerprint density at radius 2 is 1.70 bits per heavy atom. The van der Waals surface area contributed by atoms with E-state index in [9.17, 15) is 32.3 Å². The predicted octanol–water partition coefficient (Wildman–Crippen LogP) is 6.13. The fraction of sp³-hybridized carbons (Fsp3) is 0.200. The minimum absolute atomic E-state index is 0.0749. The molecule has 3 aromatic carbocycles. The van der Waals surface area contributed by atoms with Gasteiger partial charge >= 0.3 is 11.0 Å². The van der Waals surface area contributed by atoms with E-state index in [1.807, 2.05) is 12.1 Å². The van der Waals surface area contributed by atoms with Gasteiger partial charge in [0.05, 0.1) is 29.3 Å². The molecule has 3 unspecified atom stereocenters. The molecule has 1 aromatic heterocycles. The summed E-state index contributed by atoms with van der Waals surface area (Å²) in [6.07, 6.45) is -4.59. The molecule has 44 heavy (non-hydrogen) atoms. The van der Waals surface area contributed by atoms with E-state index in [0.717, 1.165) is 44.6 Å². The summed E-state index contributed by atoms with van der Waals surface area (Å²) in [4.78, 5) is 55.3. The summed E-state index contributed by atoms with van der Waals surface area (Å²) in [7, 11) is 1.51. The van der Waals surface area contributed by atoms with Gasteiger partial charge in [0.15, 0.2) is 0 Å². The summed E-state index contributed by atoms with van der Waals surface area (Å²) in [5, 5.41) is 1.90. The number of carbonyl (C=O) groups is 3. The van der Waals surface area contributed by atoms with Gasteiger partial charge in [-0.1, -0.05) is 57.2 Å². The van der Waals surface area contributed by atoms with Gasteiger partial charge in [-0.3, -0.25) is 23.7 Å². The number of alkyl halides is 3. The molecule has 2 aliphatic rings. The zero-order valence-corrected chi connectivity index (χ0v) is 25.9. The SMILES string of the molecule is COc1ccc(N2C(=O)C3Sc4c(sc(=O)n4CC(=O)Nc4cccc(C(F)(F)F)c4)C(c4ccc(Br)cc4)C3C2=O)cc1. The fourth-order valence-electron chi connectivity index (χ4n) is 5.39. The van der Waals surface area contributed by atoms with Crippen LogP contribution in [0.5, 0.6) is 5.75 Å². The zero-order valence-electron chi connectivity index (χ0n) is 22.6. The number of anilines is 2. The molecule has 0 radical (unpaired) electrons. The van der Waals surface area contributed by atoms with E-state index < -0.39 is 58.0 Å². The van der Waals surface area contributed by atoms with Crippen LogP contribution in [-0.2, 0) is 27.1 Å². The number of benzene rings is 3. The molecular weight excluding hydrogens is 683 g/mol. The Balaban J connectivity index is 1.37. The highest BCUT2D eigenvalue weighted by atomic mass is 79.9. The van der Waals surface area contributed by atoms with Gasteiger partial charge in [-0.25, -0.2) is 4.90 Å². The monoisotopic (exact) mass is 703 g/mol. The third-order valence-electron chi connectivity index (χ3n) is 7.38. The largest absolute Gasteiger partial charge is 0.497 e. The number of ether oxygens (including phenoxy) is 1. The number of fused-ring (bicyclic) bond motifs is 2. The van der Waals surface area contributed by atoms with Gasteiger partial charge in [0, 0.05) is 21.0 Å². The van der Waals surface area contributed by atoms with Crippen molar-refractivity contribution in [3.8, 4) is 5.75 Å². The third-order valence-corrected chi connectivity index (χ3v) is 10.5. The average Bonchev–Trinajstić information content (AvgIpc) is 3.43. The summed E-state index contributed by atoms with van der Waals surface area (Å²) < 4.78 is 46.7. The molecule has 226 valence electrons. The number of nitrogens with one attached hydrogen (secondary N) is 1. The van der Waals surface area contributed by atoms with E-state index in [1.54, 1.807) is 36.4 Å². The van der Waals surface area contributed by atoms with Crippen LogP contribution in [0.15, 0.2) is 87.1 Å². The van der Waals surface area contributed by atoms with Crippen LogP contribution in [0.3, 0.4) is 0 Å².